The van der Waals surface area contributed by atoms with Crippen molar-refractivity contribution in [2.75, 3.05) is 6.61 Å². The molecule has 4 aromatic rings. The highest BCUT2D eigenvalue weighted by molar-refractivity contribution is 6.32. The number of halogens is 2. The lowest BCUT2D eigenvalue weighted by atomic mass is 10.2. The predicted octanol–water partition coefficient (Wildman–Crippen LogP) is 7.34. The molecule has 4 rings (SSSR count). The molecule has 4 nitrogen and oxygen atoms in total. The largest absolute Gasteiger partial charge is 0.492 e. The Labute approximate surface area is 192 Å². The summed E-state index contributed by atoms with van der Waals surface area (Å²) in [6.45, 7) is 3.46. The molecular weight excluding hydrogens is 431 g/mol. The Hall–Kier alpha value is -2.69. The first kappa shape index (κ1) is 21.5. The molecule has 160 valence electrons. The van der Waals surface area contributed by atoms with Crippen molar-refractivity contribution in [2.45, 2.75) is 32.4 Å². The number of hydrogen-bond donors (Lipinski definition) is 0. The Morgan fingerprint density at radius 3 is 2.45 bits per heavy atom. The molecule has 1 aromatic heterocycles. The van der Waals surface area contributed by atoms with Crippen molar-refractivity contribution in [1.82, 2.24) is 9.55 Å². The van der Waals surface area contributed by atoms with Gasteiger partial charge in [0, 0.05) is 11.6 Å². The molecule has 31 heavy (non-hydrogen) atoms. The average Bonchev–Trinajstić information content (AvgIpc) is 3.15. The van der Waals surface area contributed by atoms with Crippen LogP contribution in [-0.2, 0) is 6.54 Å². The highest BCUT2D eigenvalue weighted by atomic mass is 35.5. The summed E-state index contributed by atoms with van der Waals surface area (Å²) < 4.78 is 14.2. The van der Waals surface area contributed by atoms with E-state index in [2.05, 4.69) is 10.6 Å². The van der Waals surface area contributed by atoms with E-state index >= 15 is 0 Å². The summed E-state index contributed by atoms with van der Waals surface area (Å²) in [5.74, 6) is 2.40. The maximum absolute atomic E-state index is 6.16. The van der Waals surface area contributed by atoms with Gasteiger partial charge in [-0.1, -0.05) is 47.5 Å². The molecule has 3 aromatic carbocycles. The molecule has 1 unspecified atom stereocenters. The van der Waals surface area contributed by atoms with Gasteiger partial charge in [0.1, 0.15) is 11.5 Å². The number of fused-ring (bicyclic) bond motifs is 1. The van der Waals surface area contributed by atoms with Crippen LogP contribution in [0.1, 0.15) is 31.7 Å². The number of aromatic nitrogens is 2. The van der Waals surface area contributed by atoms with Crippen LogP contribution in [-0.4, -0.2) is 16.2 Å². The number of hydrogen-bond acceptors (Lipinski definition) is 3. The van der Waals surface area contributed by atoms with Crippen LogP contribution in [0.2, 0.25) is 10.0 Å². The molecule has 0 amide bonds. The highest BCUT2D eigenvalue weighted by Gasteiger charge is 2.18. The molecular formula is C25H24Cl2N2O2. The van der Waals surface area contributed by atoms with E-state index in [1.807, 2.05) is 73.7 Å². The van der Waals surface area contributed by atoms with Crippen molar-refractivity contribution in [3.8, 4) is 11.5 Å². The maximum Gasteiger partial charge on any atom is 0.153 e. The van der Waals surface area contributed by atoms with Gasteiger partial charge in [-0.25, -0.2) is 4.98 Å². The van der Waals surface area contributed by atoms with Crippen molar-refractivity contribution >= 4 is 34.2 Å². The van der Waals surface area contributed by atoms with E-state index in [4.69, 9.17) is 37.7 Å². The Balaban J connectivity index is 1.43. The molecule has 0 N–H and O–H groups in total. The standard InChI is InChI=1S/C25H24Cl2N2O2/c1-18(31-20-14-12-19(26)13-15-20)25-28-22-9-3-4-10-23(22)29(25)16-6-7-17-30-24-11-5-2-8-21(24)27/h2-5,8-15,18H,6-7,16-17H2,1H3. The van der Waals surface area contributed by atoms with E-state index in [1.54, 1.807) is 0 Å². The van der Waals surface area contributed by atoms with Gasteiger partial charge in [0.25, 0.3) is 0 Å². The zero-order valence-corrected chi connectivity index (χ0v) is 18.8. The summed E-state index contributed by atoms with van der Waals surface area (Å²) in [5.41, 5.74) is 2.08. The molecule has 1 heterocycles. The third-order valence-electron chi connectivity index (χ3n) is 5.04. The minimum atomic E-state index is -0.201. The van der Waals surface area contributed by atoms with Crippen molar-refractivity contribution in [2.24, 2.45) is 0 Å². The second kappa shape index (κ2) is 10.1. The lowest BCUT2D eigenvalue weighted by Crippen LogP contribution is -2.12. The van der Waals surface area contributed by atoms with Crippen LogP contribution in [0.15, 0.2) is 72.8 Å². The zero-order chi connectivity index (χ0) is 21.6. The number of nitrogens with zero attached hydrogens (tertiary/aromatic N) is 2. The smallest absolute Gasteiger partial charge is 0.153 e. The van der Waals surface area contributed by atoms with Crippen LogP contribution < -0.4 is 9.47 Å². The average molecular weight is 455 g/mol. The van der Waals surface area contributed by atoms with Crippen LogP contribution in [0.4, 0.5) is 0 Å². The van der Waals surface area contributed by atoms with E-state index in [0.717, 1.165) is 47.7 Å². The molecule has 1 atom stereocenters. The van der Waals surface area contributed by atoms with E-state index in [0.29, 0.717) is 16.7 Å². The number of aryl methyl sites for hydroxylation is 1. The summed E-state index contributed by atoms with van der Waals surface area (Å²) in [6.07, 6.45) is 1.66. The molecule has 0 aliphatic carbocycles. The van der Waals surface area contributed by atoms with Gasteiger partial charge in [0.2, 0.25) is 0 Å². The molecule has 0 aliphatic heterocycles. The molecule has 0 fully saturated rings. The number of benzene rings is 3. The monoisotopic (exact) mass is 454 g/mol. The van der Waals surface area contributed by atoms with Crippen LogP contribution in [0.3, 0.4) is 0 Å². The number of rotatable bonds is 9. The van der Waals surface area contributed by atoms with Gasteiger partial charge in [-0.2, -0.15) is 0 Å². The Bertz CT molecular complexity index is 1140. The lowest BCUT2D eigenvalue weighted by molar-refractivity contribution is 0.211. The quantitative estimate of drug-likeness (QED) is 0.248. The van der Waals surface area contributed by atoms with E-state index in [-0.39, 0.29) is 6.10 Å². The molecule has 0 bridgehead atoms. The fourth-order valence-corrected chi connectivity index (χ4v) is 3.84. The van der Waals surface area contributed by atoms with Gasteiger partial charge in [-0.3, -0.25) is 0 Å². The number of para-hydroxylation sites is 3. The first-order valence-corrected chi connectivity index (χ1v) is 11.1. The molecule has 0 radical (unpaired) electrons. The number of unbranched alkanes of at least 4 members (excludes halogenated alkanes) is 1. The summed E-state index contributed by atoms with van der Waals surface area (Å²) in [6, 6.07) is 23.1. The first-order valence-electron chi connectivity index (χ1n) is 10.4. The normalized spacial score (nSPS) is 12.1. The van der Waals surface area contributed by atoms with Crippen molar-refractivity contribution < 1.29 is 9.47 Å². The molecule has 0 spiro atoms. The van der Waals surface area contributed by atoms with E-state index in [1.165, 1.54) is 0 Å². The highest BCUT2D eigenvalue weighted by Crippen LogP contribution is 2.27. The lowest BCUT2D eigenvalue weighted by Gasteiger charge is -2.17. The first-order chi connectivity index (χ1) is 15.1. The van der Waals surface area contributed by atoms with Gasteiger partial charge in [0.05, 0.1) is 22.7 Å². The third kappa shape index (κ3) is 5.33. The third-order valence-corrected chi connectivity index (χ3v) is 5.61. The Morgan fingerprint density at radius 2 is 1.65 bits per heavy atom. The SMILES string of the molecule is CC(Oc1ccc(Cl)cc1)c1nc2ccccc2n1CCCCOc1ccccc1Cl. The van der Waals surface area contributed by atoms with E-state index in [9.17, 15) is 0 Å². The van der Waals surface area contributed by atoms with Gasteiger partial charge in [0.15, 0.2) is 11.9 Å². The summed E-state index contributed by atoms with van der Waals surface area (Å²) in [5, 5.41) is 1.32. The number of imidazole rings is 1. The van der Waals surface area contributed by atoms with Crippen LogP contribution in [0.25, 0.3) is 11.0 Å². The predicted molar refractivity (Wildman–Crippen MR) is 126 cm³/mol. The summed E-state index contributed by atoms with van der Waals surface area (Å²) >= 11 is 12.1. The van der Waals surface area contributed by atoms with Crippen LogP contribution in [0.5, 0.6) is 11.5 Å². The van der Waals surface area contributed by atoms with Crippen molar-refractivity contribution in [1.29, 1.82) is 0 Å². The maximum atomic E-state index is 6.16. The minimum Gasteiger partial charge on any atom is -0.492 e. The van der Waals surface area contributed by atoms with E-state index < -0.39 is 0 Å². The Morgan fingerprint density at radius 1 is 0.903 bits per heavy atom. The molecule has 0 saturated heterocycles. The molecule has 6 heteroatoms. The second-order valence-electron chi connectivity index (χ2n) is 7.31. The minimum absolute atomic E-state index is 0.201. The van der Waals surface area contributed by atoms with Crippen molar-refractivity contribution in [3.05, 3.63) is 88.7 Å². The zero-order valence-electron chi connectivity index (χ0n) is 17.3. The second-order valence-corrected chi connectivity index (χ2v) is 8.15. The van der Waals surface area contributed by atoms with Crippen LogP contribution >= 0.6 is 23.2 Å². The van der Waals surface area contributed by atoms with Gasteiger partial charge >= 0.3 is 0 Å². The van der Waals surface area contributed by atoms with Gasteiger partial charge in [-0.15, -0.1) is 0 Å². The van der Waals surface area contributed by atoms with Crippen molar-refractivity contribution in [3.63, 3.8) is 0 Å². The summed E-state index contributed by atoms with van der Waals surface area (Å²) in [7, 11) is 0. The Kier molecular flexibility index (Phi) is 7.00. The number of ether oxygens (including phenoxy) is 2. The molecule has 0 aliphatic rings. The van der Waals surface area contributed by atoms with Gasteiger partial charge in [-0.05, 0) is 68.3 Å². The fourth-order valence-electron chi connectivity index (χ4n) is 3.53. The van der Waals surface area contributed by atoms with Gasteiger partial charge < -0.3 is 14.0 Å². The summed E-state index contributed by atoms with van der Waals surface area (Å²) in [4.78, 5) is 4.85. The fraction of sp³-hybridized carbons (Fsp3) is 0.240. The topological polar surface area (TPSA) is 36.3 Å². The molecule has 0 saturated carbocycles. The van der Waals surface area contributed by atoms with Crippen LogP contribution in [0, 0.1) is 0 Å².